The lowest BCUT2D eigenvalue weighted by molar-refractivity contribution is 0.471. The normalized spacial score (nSPS) is 23.2. The molecule has 3 heteroatoms. The maximum Gasteiger partial charge on any atom is 0.193 e. The summed E-state index contributed by atoms with van der Waals surface area (Å²) in [5.41, 5.74) is 0. The van der Waals surface area contributed by atoms with Crippen LogP contribution in [0.3, 0.4) is 0 Å². The van der Waals surface area contributed by atoms with Crippen molar-refractivity contribution >= 4 is 11.6 Å². The number of hydrogen-bond donors (Lipinski definition) is 1. The zero-order chi connectivity index (χ0) is 8.39. The molecule has 0 aliphatic carbocycles. The van der Waals surface area contributed by atoms with Gasteiger partial charge in [-0.3, -0.25) is 0 Å². The largest absolute Gasteiger partial charge is 0.450 e. The van der Waals surface area contributed by atoms with Gasteiger partial charge in [-0.05, 0) is 43.1 Å². The van der Waals surface area contributed by atoms with E-state index >= 15 is 0 Å². The molecule has 0 spiro atoms. The summed E-state index contributed by atoms with van der Waals surface area (Å²) in [6.45, 7) is 1.14. The van der Waals surface area contributed by atoms with Crippen LogP contribution in [0.1, 0.15) is 18.6 Å². The van der Waals surface area contributed by atoms with Crippen molar-refractivity contribution in [2.45, 2.75) is 25.3 Å². The molecule has 1 saturated heterocycles. The third kappa shape index (κ3) is 1.82. The van der Waals surface area contributed by atoms with Gasteiger partial charge in [-0.1, -0.05) is 0 Å². The van der Waals surface area contributed by atoms with Gasteiger partial charge in [0.15, 0.2) is 5.22 Å². The maximum atomic E-state index is 5.66. The summed E-state index contributed by atoms with van der Waals surface area (Å²) < 4.78 is 5.27. The van der Waals surface area contributed by atoms with Crippen molar-refractivity contribution in [3.63, 3.8) is 0 Å². The molecule has 12 heavy (non-hydrogen) atoms. The van der Waals surface area contributed by atoms with Gasteiger partial charge in [0.05, 0.1) is 0 Å². The molecule has 1 unspecified atom stereocenters. The van der Waals surface area contributed by atoms with Crippen LogP contribution in [0, 0.1) is 0 Å². The highest BCUT2D eigenvalue weighted by molar-refractivity contribution is 6.28. The topological polar surface area (TPSA) is 25.2 Å². The molecule has 0 aromatic carbocycles. The molecule has 0 amide bonds. The standard InChI is InChI=1S/C9H12ClNO/c10-9-4-3-8(12-9)6-7-2-1-5-11-7/h3-4,7,11H,1-2,5-6H2. The molecular formula is C9H12ClNO. The fourth-order valence-corrected chi connectivity index (χ4v) is 1.80. The van der Waals surface area contributed by atoms with Gasteiger partial charge in [-0.25, -0.2) is 0 Å². The van der Waals surface area contributed by atoms with Gasteiger partial charge in [-0.15, -0.1) is 0 Å². The number of nitrogens with one attached hydrogen (secondary N) is 1. The molecule has 1 N–H and O–H groups in total. The Labute approximate surface area is 76.9 Å². The lowest BCUT2D eigenvalue weighted by atomic mass is 10.1. The van der Waals surface area contributed by atoms with Crippen LogP contribution in [0.4, 0.5) is 0 Å². The predicted octanol–water partition coefficient (Wildman–Crippen LogP) is 2.23. The second-order valence-electron chi connectivity index (χ2n) is 3.20. The van der Waals surface area contributed by atoms with Gasteiger partial charge in [-0.2, -0.15) is 0 Å². The van der Waals surface area contributed by atoms with Crippen molar-refractivity contribution in [2.75, 3.05) is 6.54 Å². The summed E-state index contributed by atoms with van der Waals surface area (Å²) in [4.78, 5) is 0. The van der Waals surface area contributed by atoms with Crippen LogP contribution in [0.25, 0.3) is 0 Å². The highest BCUT2D eigenvalue weighted by atomic mass is 35.5. The monoisotopic (exact) mass is 185 g/mol. The summed E-state index contributed by atoms with van der Waals surface area (Å²) >= 11 is 5.66. The highest BCUT2D eigenvalue weighted by Gasteiger charge is 2.15. The quantitative estimate of drug-likeness (QED) is 0.765. The van der Waals surface area contributed by atoms with Crippen molar-refractivity contribution < 1.29 is 4.42 Å². The molecule has 1 aromatic heterocycles. The molecule has 66 valence electrons. The van der Waals surface area contributed by atoms with E-state index in [4.69, 9.17) is 16.0 Å². The van der Waals surface area contributed by atoms with E-state index in [1.807, 2.05) is 6.07 Å². The van der Waals surface area contributed by atoms with Crippen molar-refractivity contribution in [1.82, 2.24) is 5.32 Å². The van der Waals surface area contributed by atoms with Gasteiger partial charge in [0, 0.05) is 12.5 Å². The van der Waals surface area contributed by atoms with Crippen molar-refractivity contribution in [3.8, 4) is 0 Å². The van der Waals surface area contributed by atoms with E-state index in [0.29, 0.717) is 11.3 Å². The first-order chi connectivity index (χ1) is 5.84. The Hall–Kier alpha value is -0.470. The number of rotatable bonds is 2. The smallest absolute Gasteiger partial charge is 0.193 e. The van der Waals surface area contributed by atoms with Crippen LogP contribution in [-0.4, -0.2) is 12.6 Å². The summed E-state index contributed by atoms with van der Waals surface area (Å²) in [7, 11) is 0. The van der Waals surface area contributed by atoms with Crippen molar-refractivity contribution in [3.05, 3.63) is 23.1 Å². The molecule has 2 nitrogen and oxygen atoms in total. The lowest BCUT2D eigenvalue weighted by Crippen LogP contribution is -2.23. The fourth-order valence-electron chi connectivity index (χ4n) is 1.64. The van der Waals surface area contributed by atoms with Crippen LogP contribution in [0.5, 0.6) is 0 Å². The third-order valence-corrected chi connectivity index (χ3v) is 2.44. The lowest BCUT2D eigenvalue weighted by Gasteiger charge is -2.06. The van der Waals surface area contributed by atoms with E-state index in [2.05, 4.69) is 5.32 Å². The van der Waals surface area contributed by atoms with Crippen LogP contribution >= 0.6 is 11.6 Å². The van der Waals surface area contributed by atoms with E-state index in [9.17, 15) is 0 Å². The third-order valence-electron chi connectivity index (χ3n) is 2.24. The van der Waals surface area contributed by atoms with Crippen LogP contribution in [0.2, 0.25) is 5.22 Å². The van der Waals surface area contributed by atoms with Gasteiger partial charge in [0.2, 0.25) is 0 Å². The second-order valence-corrected chi connectivity index (χ2v) is 3.58. The first-order valence-corrected chi connectivity index (χ1v) is 4.70. The SMILES string of the molecule is Clc1ccc(CC2CCCN2)o1. The number of furan rings is 1. The van der Waals surface area contributed by atoms with E-state index in [-0.39, 0.29) is 0 Å². The van der Waals surface area contributed by atoms with Crippen LogP contribution < -0.4 is 5.32 Å². The summed E-state index contributed by atoms with van der Waals surface area (Å²) in [6.07, 6.45) is 3.49. The van der Waals surface area contributed by atoms with E-state index < -0.39 is 0 Å². The van der Waals surface area contributed by atoms with Crippen molar-refractivity contribution in [1.29, 1.82) is 0 Å². The Morgan fingerprint density at radius 1 is 1.58 bits per heavy atom. The second kappa shape index (κ2) is 3.50. The molecule has 1 aliphatic rings. The van der Waals surface area contributed by atoms with Crippen molar-refractivity contribution in [2.24, 2.45) is 0 Å². The zero-order valence-electron chi connectivity index (χ0n) is 6.85. The van der Waals surface area contributed by atoms with Gasteiger partial charge >= 0.3 is 0 Å². The first kappa shape index (κ1) is 8.14. The number of hydrogen-bond acceptors (Lipinski definition) is 2. The molecule has 1 aliphatic heterocycles. The Balaban J connectivity index is 1.94. The minimum atomic E-state index is 0.489. The van der Waals surface area contributed by atoms with Crippen LogP contribution in [0.15, 0.2) is 16.5 Å². The molecule has 0 saturated carbocycles. The highest BCUT2D eigenvalue weighted by Crippen LogP contribution is 2.17. The molecule has 1 atom stereocenters. The Kier molecular flexibility index (Phi) is 2.38. The average molecular weight is 186 g/mol. The van der Waals surface area contributed by atoms with Gasteiger partial charge in [0.25, 0.3) is 0 Å². The summed E-state index contributed by atoms with van der Waals surface area (Å²) in [5.74, 6) is 0.986. The van der Waals surface area contributed by atoms with Gasteiger partial charge < -0.3 is 9.73 Å². The molecule has 0 radical (unpaired) electrons. The average Bonchev–Trinajstić information content (AvgIpc) is 2.63. The zero-order valence-corrected chi connectivity index (χ0v) is 7.60. The minimum Gasteiger partial charge on any atom is -0.450 e. The summed E-state index contributed by atoms with van der Waals surface area (Å²) in [5, 5.41) is 3.90. The molecule has 1 fully saturated rings. The van der Waals surface area contributed by atoms with Gasteiger partial charge in [0.1, 0.15) is 5.76 Å². The Bertz CT molecular complexity index is 253. The molecule has 2 rings (SSSR count). The van der Waals surface area contributed by atoms with E-state index in [1.165, 1.54) is 12.8 Å². The van der Waals surface area contributed by atoms with Crippen LogP contribution in [-0.2, 0) is 6.42 Å². The Morgan fingerprint density at radius 3 is 3.08 bits per heavy atom. The maximum absolute atomic E-state index is 5.66. The first-order valence-electron chi connectivity index (χ1n) is 4.32. The Morgan fingerprint density at radius 2 is 2.50 bits per heavy atom. The summed E-state index contributed by atoms with van der Waals surface area (Å²) in [6, 6.07) is 4.33. The minimum absolute atomic E-state index is 0.489. The predicted molar refractivity (Wildman–Crippen MR) is 48.4 cm³/mol. The van der Waals surface area contributed by atoms with E-state index in [0.717, 1.165) is 18.7 Å². The molecule has 1 aromatic rings. The van der Waals surface area contributed by atoms with E-state index in [1.54, 1.807) is 6.07 Å². The molecule has 0 bridgehead atoms. The number of halogens is 1. The fraction of sp³-hybridized carbons (Fsp3) is 0.556. The molecular weight excluding hydrogens is 174 g/mol. The molecule has 2 heterocycles.